The van der Waals surface area contributed by atoms with Crippen LogP contribution in [0.1, 0.15) is 20.7 Å². The van der Waals surface area contributed by atoms with Crippen molar-refractivity contribution in [1.82, 2.24) is 0 Å². The van der Waals surface area contributed by atoms with Gasteiger partial charge in [-0.25, -0.2) is 22.4 Å². The molecule has 2 rings (SSSR count). The first-order chi connectivity index (χ1) is 11.2. The molecule has 0 fully saturated rings. The summed E-state index contributed by atoms with van der Waals surface area (Å²) in [4.78, 5) is 21.5. The average molecular weight is 423 g/mol. The van der Waals surface area contributed by atoms with Crippen LogP contribution in [-0.2, 0) is 0 Å². The highest BCUT2D eigenvalue weighted by molar-refractivity contribution is 9.10. The maximum atomic E-state index is 13.8. The van der Waals surface area contributed by atoms with Crippen LogP contribution in [0.15, 0.2) is 33.6 Å². The highest BCUT2D eigenvalue weighted by Gasteiger charge is 2.29. The molecule has 2 aromatic carbocycles. The van der Waals surface area contributed by atoms with E-state index in [1.54, 1.807) is 12.1 Å². The van der Waals surface area contributed by atoms with E-state index in [-0.39, 0.29) is 17.3 Å². The summed E-state index contributed by atoms with van der Waals surface area (Å²) in [6.45, 7) is 0. The fraction of sp³-hybridized carbons (Fsp3) is 0.0667. The number of carbonyl (C=O) groups is 2. The van der Waals surface area contributed by atoms with Crippen molar-refractivity contribution in [1.29, 1.82) is 0 Å². The largest absolute Gasteiger partial charge is 0.477 e. The molecule has 126 valence electrons. The minimum absolute atomic E-state index is 0.245. The molecule has 0 radical (unpaired) electrons. The molecule has 0 bridgehead atoms. The summed E-state index contributed by atoms with van der Waals surface area (Å²) >= 11 is 3.42. The van der Waals surface area contributed by atoms with Crippen LogP contribution in [0.2, 0.25) is 0 Å². The number of carboxylic acids is 1. The zero-order valence-electron chi connectivity index (χ0n) is 11.6. The van der Waals surface area contributed by atoms with E-state index in [9.17, 15) is 27.2 Å². The van der Waals surface area contributed by atoms with E-state index in [1.807, 2.05) is 0 Å². The van der Waals surface area contributed by atoms with Crippen LogP contribution in [-0.4, -0.2) is 22.6 Å². The van der Waals surface area contributed by atoms with Gasteiger partial charge in [0.25, 0.3) is 0 Å². The van der Waals surface area contributed by atoms with Gasteiger partial charge in [0.05, 0.1) is 10.6 Å². The first-order valence-corrected chi connectivity index (χ1v) is 8.02. The predicted molar refractivity (Wildman–Crippen MR) is 82.4 cm³/mol. The number of Topliss-reactive ketones (excluding diaryl/α,β-unsaturated/α-hetero) is 1. The molecule has 0 aliphatic carbocycles. The Hall–Kier alpha value is -1.87. The van der Waals surface area contributed by atoms with Gasteiger partial charge in [-0.05, 0) is 12.1 Å². The van der Waals surface area contributed by atoms with Crippen molar-refractivity contribution in [3.63, 3.8) is 0 Å². The number of carboxylic acid groups (broad SMARTS) is 1. The highest BCUT2D eigenvalue weighted by Crippen LogP contribution is 2.32. The Labute approximate surface area is 145 Å². The molecular weight excluding hydrogens is 416 g/mol. The Balaban J connectivity index is 2.29. The lowest BCUT2D eigenvalue weighted by Crippen LogP contribution is -2.12. The lowest BCUT2D eigenvalue weighted by Gasteiger charge is -2.09. The van der Waals surface area contributed by atoms with E-state index in [4.69, 9.17) is 5.11 Å². The minimum Gasteiger partial charge on any atom is -0.477 e. The van der Waals surface area contributed by atoms with Crippen molar-refractivity contribution in [2.75, 3.05) is 5.75 Å². The number of hydrogen-bond donors (Lipinski definition) is 1. The molecule has 2 aromatic rings. The maximum Gasteiger partial charge on any atom is 0.341 e. The molecule has 9 heteroatoms. The molecule has 0 saturated carbocycles. The number of rotatable bonds is 5. The Kier molecular flexibility index (Phi) is 5.66. The van der Waals surface area contributed by atoms with Crippen molar-refractivity contribution >= 4 is 39.4 Å². The van der Waals surface area contributed by atoms with Gasteiger partial charge in [-0.15, -0.1) is 11.8 Å². The maximum absolute atomic E-state index is 13.8. The first-order valence-electron chi connectivity index (χ1n) is 6.24. The summed E-state index contributed by atoms with van der Waals surface area (Å²) < 4.78 is 55.5. The molecule has 3 nitrogen and oxygen atoms in total. The van der Waals surface area contributed by atoms with Crippen LogP contribution >= 0.6 is 27.7 Å². The minimum atomic E-state index is -2.13. The van der Waals surface area contributed by atoms with Crippen molar-refractivity contribution in [3.05, 3.63) is 63.1 Å². The summed E-state index contributed by atoms with van der Waals surface area (Å²) in [5, 5.41) is 8.60. The SMILES string of the molecule is O=C(CSc1c(F)c(F)c(C(=O)O)c(F)c1F)c1ccc(Br)cc1. The molecule has 0 aliphatic heterocycles. The topological polar surface area (TPSA) is 54.4 Å². The zero-order chi connectivity index (χ0) is 18.0. The molecule has 0 saturated heterocycles. The van der Waals surface area contributed by atoms with Gasteiger partial charge in [0.2, 0.25) is 0 Å². The molecule has 0 aliphatic rings. The molecule has 0 amide bonds. The third-order valence-electron chi connectivity index (χ3n) is 2.95. The van der Waals surface area contributed by atoms with Gasteiger partial charge in [-0.3, -0.25) is 4.79 Å². The van der Waals surface area contributed by atoms with Crippen LogP contribution in [0.5, 0.6) is 0 Å². The lowest BCUT2D eigenvalue weighted by atomic mass is 10.1. The summed E-state index contributed by atoms with van der Waals surface area (Å²) in [5.74, 6) is -10.9. The van der Waals surface area contributed by atoms with Gasteiger partial charge in [-0.2, -0.15) is 0 Å². The van der Waals surface area contributed by atoms with Crippen LogP contribution < -0.4 is 0 Å². The quantitative estimate of drug-likeness (QED) is 0.329. The van der Waals surface area contributed by atoms with E-state index in [1.165, 1.54) is 12.1 Å². The monoisotopic (exact) mass is 422 g/mol. The Morgan fingerprint density at radius 3 is 1.92 bits per heavy atom. The number of aromatic carboxylic acids is 1. The fourth-order valence-electron chi connectivity index (χ4n) is 1.78. The average Bonchev–Trinajstić information content (AvgIpc) is 2.53. The van der Waals surface area contributed by atoms with Gasteiger partial charge in [0.15, 0.2) is 29.1 Å². The fourth-order valence-corrected chi connectivity index (χ4v) is 2.92. The molecule has 0 spiro atoms. The van der Waals surface area contributed by atoms with E-state index in [0.717, 1.165) is 4.47 Å². The number of benzene rings is 2. The second-order valence-electron chi connectivity index (χ2n) is 4.48. The van der Waals surface area contributed by atoms with Crippen molar-refractivity contribution in [3.8, 4) is 0 Å². The van der Waals surface area contributed by atoms with Crippen molar-refractivity contribution in [2.45, 2.75) is 4.90 Å². The smallest absolute Gasteiger partial charge is 0.341 e. The molecule has 24 heavy (non-hydrogen) atoms. The Morgan fingerprint density at radius 1 is 0.958 bits per heavy atom. The zero-order valence-corrected chi connectivity index (χ0v) is 14.0. The van der Waals surface area contributed by atoms with Crippen LogP contribution in [0.3, 0.4) is 0 Å². The Morgan fingerprint density at radius 2 is 1.46 bits per heavy atom. The van der Waals surface area contributed by atoms with Crippen LogP contribution in [0.4, 0.5) is 17.6 Å². The molecule has 0 heterocycles. The van der Waals surface area contributed by atoms with Gasteiger partial charge >= 0.3 is 5.97 Å². The van der Waals surface area contributed by atoms with Gasteiger partial charge in [-0.1, -0.05) is 28.1 Å². The van der Waals surface area contributed by atoms with Gasteiger partial charge in [0, 0.05) is 10.0 Å². The third kappa shape index (κ3) is 3.62. The summed E-state index contributed by atoms with van der Waals surface area (Å²) in [6, 6.07) is 6.10. The molecule has 0 aromatic heterocycles. The third-order valence-corrected chi connectivity index (χ3v) is 4.53. The lowest BCUT2D eigenvalue weighted by molar-refractivity contribution is 0.0682. The van der Waals surface area contributed by atoms with Crippen molar-refractivity contribution in [2.24, 2.45) is 0 Å². The van der Waals surface area contributed by atoms with E-state index < -0.39 is 51.2 Å². The Bertz CT molecular complexity index is 795. The number of hydrogen-bond acceptors (Lipinski definition) is 3. The summed E-state index contributed by atoms with van der Waals surface area (Å²) in [5.41, 5.74) is -1.47. The van der Waals surface area contributed by atoms with Gasteiger partial charge < -0.3 is 5.11 Å². The number of thioether (sulfide) groups is 1. The summed E-state index contributed by atoms with van der Waals surface area (Å²) in [7, 11) is 0. The van der Waals surface area contributed by atoms with Crippen LogP contribution in [0.25, 0.3) is 0 Å². The number of halogens is 5. The van der Waals surface area contributed by atoms with E-state index >= 15 is 0 Å². The predicted octanol–water partition coefficient (Wildman–Crippen LogP) is 4.68. The second-order valence-corrected chi connectivity index (χ2v) is 6.39. The molecule has 0 atom stereocenters. The first kappa shape index (κ1) is 18.5. The number of ketones is 1. The molecule has 1 N–H and O–H groups in total. The second kappa shape index (κ2) is 7.35. The normalized spacial score (nSPS) is 10.7. The standard InChI is InChI=1S/C15H7BrF4O3S/c16-7-3-1-6(2-4-7)8(21)5-24-14-12(19)10(17)9(15(22)23)11(18)13(14)20/h1-4H,5H2,(H,22,23). The van der Waals surface area contributed by atoms with E-state index in [0.29, 0.717) is 0 Å². The van der Waals surface area contributed by atoms with Gasteiger partial charge in [0.1, 0.15) is 5.56 Å². The molecular formula is C15H7BrF4O3S. The molecule has 0 unspecified atom stereocenters. The van der Waals surface area contributed by atoms with E-state index in [2.05, 4.69) is 15.9 Å². The highest BCUT2D eigenvalue weighted by atomic mass is 79.9. The van der Waals surface area contributed by atoms with Crippen LogP contribution in [0, 0.1) is 23.3 Å². The summed E-state index contributed by atoms with van der Waals surface area (Å²) in [6.07, 6.45) is 0. The van der Waals surface area contributed by atoms with Crippen molar-refractivity contribution < 1.29 is 32.3 Å². The number of carbonyl (C=O) groups excluding carboxylic acids is 1.